The predicted octanol–water partition coefficient (Wildman–Crippen LogP) is 1.94. The highest BCUT2D eigenvalue weighted by Gasteiger charge is 2.09. The van der Waals surface area contributed by atoms with Crippen LogP contribution in [-0.2, 0) is 6.54 Å². The molecule has 1 aromatic carbocycles. The summed E-state index contributed by atoms with van der Waals surface area (Å²) in [6.45, 7) is 4.70. The van der Waals surface area contributed by atoms with Crippen molar-refractivity contribution < 1.29 is 4.92 Å². The van der Waals surface area contributed by atoms with Crippen LogP contribution in [0.25, 0.3) is 10.9 Å². The third kappa shape index (κ3) is 2.65. The van der Waals surface area contributed by atoms with Gasteiger partial charge in [-0.3, -0.25) is 14.8 Å². The standard InChI is InChI=1S/C12H16N4O2/c1-2-13-6-3-7-15-12-8-11(16(17)18)5-4-10(12)9-14-15/h4-5,8-9,13H,2-3,6-7H2,1H3. The Morgan fingerprint density at radius 1 is 1.50 bits per heavy atom. The van der Waals surface area contributed by atoms with Crippen LogP contribution in [0.15, 0.2) is 24.4 Å². The van der Waals surface area contributed by atoms with E-state index in [2.05, 4.69) is 17.3 Å². The van der Waals surface area contributed by atoms with Gasteiger partial charge in [-0.25, -0.2) is 0 Å². The molecule has 1 N–H and O–H groups in total. The Hall–Kier alpha value is -1.95. The van der Waals surface area contributed by atoms with Gasteiger partial charge in [0.25, 0.3) is 5.69 Å². The van der Waals surface area contributed by atoms with Crippen LogP contribution in [-0.4, -0.2) is 27.8 Å². The fourth-order valence-corrected chi connectivity index (χ4v) is 1.88. The quantitative estimate of drug-likeness (QED) is 0.481. The number of aryl methyl sites for hydroxylation is 1. The van der Waals surface area contributed by atoms with Crippen molar-refractivity contribution in [1.29, 1.82) is 0 Å². The van der Waals surface area contributed by atoms with Gasteiger partial charge in [-0.1, -0.05) is 6.92 Å². The maximum atomic E-state index is 10.7. The molecule has 0 saturated carbocycles. The zero-order chi connectivity index (χ0) is 13.0. The molecule has 0 fully saturated rings. The van der Waals surface area contributed by atoms with Gasteiger partial charge in [-0.15, -0.1) is 0 Å². The van der Waals surface area contributed by atoms with Gasteiger partial charge in [-0.05, 0) is 25.6 Å². The van der Waals surface area contributed by atoms with Gasteiger partial charge in [0.1, 0.15) is 0 Å². The normalized spacial score (nSPS) is 10.9. The molecule has 2 rings (SSSR count). The van der Waals surface area contributed by atoms with E-state index in [0.29, 0.717) is 0 Å². The van der Waals surface area contributed by atoms with Crippen LogP contribution in [0.4, 0.5) is 5.69 Å². The summed E-state index contributed by atoms with van der Waals surface area (Å²) in [6.07, 6.45) is 2.69. The molecule has 0 bridgehead atoms. The molecule has 1 aromatic heterocycles. The molecule has 0 aliphatic heterocycles. The molecule has 0 spiro atoms. The first kappa shape index (κ1) is 12.5. The molecule has 0 radical (unpaired) electrons. The van der Waals surface area contributed by atoms with Gasteiger partial charge in [0, 0.05) is 24.1 Å². The van der Waals surface area contributed by atoms with Crippen molar-refractivity contribution in [1.82, 2.24) is 15.1 Å². The number of nitro benzene ring substituents is 1. The minimum Gasteiger partial charge on any atom is -0.317 e. The summed E-state index contributed by atoms with van der Waals surface area (Å²) >= 11 is 0. The number of aromatic nitrogens is 2. The number of hydrogen-bond acceptors (Lipinski definition) is 4. The smallest absolute Gasteiger partial charge is 0.271 e. The van der Waals surface area contributed by atoms with Gasteiger partial charge in [0.15, 0.2) is 0 Å². The summed E-state index contributed by atoms with van der Waals surface area (Å²) in [5.41, 5.74) is 0.927. The zero-order valence-corrected chi connectivity index (χ0v) is 10.3. The number of benzene rings is 1. The van der Waals surface area contributed by atoms with E-state index in [-0.39, 0.29) is 10.6 Å². The Labute approximate surface area is 105 Å². The lowest BCUT2D eigenvalue weighted by atomic mass is 10.2. The number of nitrogens with one attached hydrogen (secondary N) is 1. The monoisotopic (exact) mass is 248 g/mol. The van der Waals surface area contributed by atoms with E-state index in [1.807, 2.05) is 4.68 Å². The van der Waals surface area contributed by atoms with Crippen molar-refractivity contribution in [3.05, 3.63) is 34.5 Å². The fourth-order valence-electron chi connectivity index (χ4n) is 1.88. The topological polar surface area (TPSA) is 73.0 Å². The van der Waals surface area contributed by atoms with Crippen molar-refractivity contribution in [2.45, 2.75) is 19.9 Å². The number of nitrogens with zero attached hydrogens (tertiary/aromatic N) is 3. The Bertz CT molecular complexity index is 550. The second-order valence-corrected chi connectivity index (χ2v) is 4.08. The number of fused-ring (bicyclic) bond motifs is 1. The summed E-state index contributed by atoms with van der Waals surface area (Å²) in [7, 11) is 0. The first-order valence-corrected chi connectivity index (χ1v) is 6.03. The number of rotatable bonds is 6. The van der Waals surface area contributed by atoms with Crippen LogP contribution < -0.4 is 5.32 Å². The second kappa shape index (κ2) is 5.59. The lowest BCUT2D eigenvalue weighted by Gasteiger charge is -2.04. The Morgan fingerprint density at radius 2 is 2.33 bits per heavy atom. The number of nitro groups is 1. The van der Waals surface area contributed by atoms with Crippen LogP contribution in [0.5, 0.6) is 0 Å². The molecular formula is C12H16N4O2. The minimum atomic E-state index is -0.380. The molecule has 1 heterocycles. The molecule has 6 heteroatoms. The second-order valence-electron chi connectivity index (χ2n) is 4.08. The Morgan fingerprint density at radius 3 is 3.06 bits per heavy atom. The first-order valence-electron chi connectivity index (χ1n) is 6.03. The Balaban J connectivity index is 2.17. The third-order valence-electron chi connectivity index (χ3n) is 2.81. The molecule has 18 heavy (non-hydrogen) atoms. The molecule has 6 nitrogen and oxygen atoms in total. The molecule has 0 saturated heterocycles. The molecule has 0 aliphatic carbocycles. The van der Waals surface area contributed by atoms with E-state index >= 15 is 0 Å². The van der Waals surface area contributed by atoms with Crippen molar-refractivity contribution >= 4 is 16.6 Å². The predicted molar refractivity (Wildman–Crippen MR) is 69.5 cm³/mol. The van der Waals surface area contributed by atoms with E-state index in [0.717, 1.165) is 37.0 Å². The first-order chi connectivity index (χ1) is 8.72. The molecule has 96 valence electrons. The lowest BCUT2D eigenvalue weighted by Crippen LogP contribution is -2.16. The molecule has 0 aliphatic rings. The molecule has 0 atom stereocenters. The van der Waals surface area contributed by atoms with Crippen molar-refractivity contribution in [3.63, 3.8) is 0 Å². The minimum absolute atomic E-state index is 0.107. The van der Waals surface area contributed by atoms with Crippen molar-refractivity contribution in [2.24, 2.45) is 0 Å². The summed E-state index contributed by atoms with van der Waals surface area (Å²) in [5.74, 6) is 0. The lowest BCUT2D eigenvalue weighted by molar-refractivity contribution is -0.384. The third-order valence-corrected chi connectivity index (χ3v) is 2.81. The van der Waals surface area contributed by atoms with E-state index in [1.165, 1.54) is 6.07 Å². The maximum Gasteiger partial charge on any atom is 0.271 e. The van der Waals surface area contributed by atoms with E-state index < -0.39 is 0 Å². The average Bonchev–Trinajstić information content (AvgIpc) is 2.77. The summed E-state index contributed by atoms with van der Waals surface area (Å²) < 4.78 is 1.82. The summed E-state index contributed by atoms with van der Waals surface area (Å²) in [5, 5.41) is 19.2. The van der Waals surface area contributed by atoms with Crippen molar-refractivity contribution in [2.75, 3.05) is 13.1 Å². The van der Waals surface area contributed by atoms with Crippen LogP contribution in [0, 0.1) is 10.1 Å². The van der Waals surface area contributed by atoms with Crippen LogP contribution in [0.3, 0.4) is 0 Å². The SMILES string of the molecule is CCNCCCn1ncc2ccc([N+](=O)[O-])cc21. The summed E-state index contributed by atoms with van der Waals surface area (Å²) in [6, 6.07) is 4.82. The number of non-ortho nitro benzene ring substituents is 1. The largest absolute Gasteiger partial charge is 0.317 e. The highest BCUT2D eigenvalue weighted by atomic mass is 16.6. The molecule has 0 amide bonds. The average molecular weight is 248 g/mol. The van der Waals surface area contributed by atoms with Gasteiger partial charge >= 0.3 is 0 Å². The highest BCUT2D eigenvalue weighted by Crippen LogP contribution is 2.20. The molecule has 0 unspecified atom stereocenters. The molecule has 2 aromatic rings. The molecular weight excluding hydrogens is 232 g/mol. The van der Waals surface area contributed by atoms with Gasteiger partial charge in [0.2, 0.25) is 0 Å². The van der Waals surface area contributed by atoms with Crippen LogP contribution >= 0.6 is 0 Å². The Kier molecular flexibility index (Phi) is 3.88. The zero-order valence-electron chi connectivity index (χ0n) is 10.3. The van der Waals surface area contributed by atoms with Crippen LogP contribution in [0.2, 0.25) is 0 Å². The van der Waals surface area contributed by atoms with Gasteiger partial charge in [-0.2, -0.15) is 5.10 Å². The van der Waals surface area contributed by atoms with E-state index in [9.17, 15) is 10.1 Å². The highest BCUT2D eigenvalue weighted by molar-refractivity contribution is 5.80. The van der Waals surface area contributed by atoms with E-state index in [1.54, 1.807) is 18.3 Å². The maximum absolute atomic E-state index is 10.7. The summed E-state index contributed by atoms with van der Waals surface area (Å²) in [4.78, 5) is 10.4. The number of hydrogen-bond donors (Lipinski definition) is 1. The van der Waals surface area contributed by atoms with E-state index in [4.69, 9.17) is 0 Å². The fraction of sp³-hybridized carbons (Fsp3) is 0.417. The van der Waals surface area contributed by atoms with Crippen LogP contribution in [0.1, 0.15) is 13.3 Å². The van der Waals surface area contributed by atoms with Gasteiger partial charge < -0.3 is 5.32 Å². The van der Waals surface area contributed by atoms with Crippen molar-refractivity contribution in [3.8, 4) is 0 Å². The van der Waals surface area contributed by atoms with Gasteiger partial charge in [0.05, 0.1) is 16.6 Å².